The third-order valence-corrected chi connectivity index (χ3v) is 3.17. The first-order chi connectivity index (χ1) is 8.05. The van der Waals surface area contributed by atoms with Gasteiger partial charge in [-0.15, -0.1) is 0 Å². The van der Waals surface area contributed by atoms with E-state index < -0.39 is 5.92 Å². The first kappa shape index (κ1) is 14.4. The molecule has 100 valence electrons. The van der Waals surface area contributed by atoms with Crippen LogP contribution in [0.2, 0.25) is 0 Å². The van der Waals surface area contributed by atoms with Crippen LogP contribution in [0.25, 0.3) is 0 Å². The van der Waals surface area contributed by atoms with E-state index in [0.29, 0.717) is 19.4 Å². The summed E-state index contributed by atoms with van der Waals surface area (Å²) in [5, 5.41) is 5.98. The standard InChI is InChI=1S/C12H22F2N2O/c1-2-15-8-3-9-16-11(17)10-4-6-12(13,14)7-5-10/h10,15H,2-9H2,1H3,(H,16,17). The zero-order chi connectivity index (χ0) is 12.7. The average Bonchev–Trinajstić information content (AvgIpc) is 2.28. The van der Waals surface area contributed by atoms with E-state index in [4.69, 9.17) is 0 Å². The fraction of sp³-hybridized carbons (Fsp3) is 0.917. The molecule has 0 bridgehead atoms. The number of carbonyl (C=O) groups is 1. The van der Waals surface area contributed by atoms with E-state index in [1.54, 1.807) is 0 Å². The van der Waals surface area contributed by atoms with Gasteiger partial charge in [-0.05, 0) is 32.4 Å². The zero-order valence-electron chi connectivity index (χ0n) is 10.4. The van der Waals surface area contributed by atoms with E-state index in [2.05, 4.69) is 10.6 Å². The molecule has 0 atom stereocenters. The molecule has 3 nitrogen and oxygen atoms in total. The summed E-state index contributed by atoms with van der Waals surface area (Å²) in [5.41, 5.74) is 0. The molecule has 0 aromatic carbocycles. The Kier molecular flexibility index (Phi) is 5.82. The highest BCUT2D eigenvalue weighted by atomic mass is 19.3. The summed E-state index contributed by atoms with van der Waals surface area (Å²) in [6.07, 6.45) is 1.20. The van der Waals surface area contributed by atoms with E-state index in [-0.39, 0.29) is 24.7 Å². The largest absolute Gasteiger partial charge is 0.356 e. The Labute approximate surface area is 101 Å². The van der Waals surface area contributed by atoms with Crippen molar-refractivity contribution in [2.75, 3.05) is 19.6 Å². The number of amides is 1. The Hall–Kier alpha value is -0.710. The van der Waals surface area contributed by atoms with Gasteiger partial charge >= 0.3 is 0 Å². The topological polar surface area (TPSA) is 41.1 Å². The van der Waals surface area contributed by atoms with Crippen LogP contribution in [0.1, 0.15) is 39.0 Å². The van der Waals surface area contributed by atoms with Crippen LogP contribution in [-0.2, 0) is 4.79 Å². The van der Waals surface area contributed by atoms with Crippen LogP contribution in [0.5, 0.6) is 0 Å². The quantitative estimate of drug-likeness (QED) is 0.705. The molecule has 0 radical (unpaired) electrons. The van der Waals surface area contributed by atoms with Crippen molar-refractivity contribution in [2.45, 2.75) is 45.0 Å². The summed E-state index contributed by atoms with van der Waals surface area (Å²) in [7, 11) is 0. The van der Waals surface area contributed by atoms with Gasteiger partial charge in [0.1, 0.15) is 0 Å². The maximum Gasteiger partial charge on any atom is 0.248 e. The molecule has 2 N–H and O–H groups in total. The summed E-state index contributed by atoms with van der Waals surface area (Å²) in [4.78, 5) is 11.7. The SMILES string of the molecule is CCNCCCNC(=O)C1CCC(F)(F)CC1. The predicted octanol–water partition coefficient (Wildman–Crippen LogP) is 1.93. The van der Waals surface area contributed by atoms with Crippen molar-refractivity contribution in [3.05, 3.63) is 0 Å². The van der Waals surface area contributed by atoms with Gasteiger partial charge in [-0.2, -0.15) is 0 Å². The van der Waals surface area contributed by atoms with Gasteiger partial charge < -0.3 is 10.6 Å². The molecule has 1 aliphatic carbocycles. The van der Waals surface area contributed by atoms with E-state index in [9.17, 15) is 13.6 Å². The van der Waals surface area contributed by atoms with Gasteiger partial charge in [0.25, 0.3) is 0 Å². The number of nitrogens with one attached hydrogen (secondary N) is 2. The Morgan fingerprint density at radius 2 is 1.94 bits per heavy atom. The molecule has 0 spiro atoms. The second-order valence-corrected chi connectivity index (χ2v) is 4.63. The summed E-state index contributed by atoms with van der Waals surface area (Å²) < 4.78 is 25.8. The molecule has 17 heavy (non-hydrogen) atoms. The zero-order valence-corrected chi connectivity index (χ0v) is 10.4. The molecule has 0 aliphatic heterocycles. The van der Waals surface area contributed by atoms with Crippen LogP contribution < -0.4 is 10.6 Å². The molecular formula is C12H22F2N2O. The summed E-state index contributed by atoms with van der Waals surface area (Å²) in [6, 6.07) is 0. The number of rotatable bonds is 6. The minimum absolute atomic E-state index is 0.0583. The molecule has 0 saturated heterocycles. The lowest BCUT2D eigenvalue weighted by atomic mass is 9.86. The highest BCUT2D eigenvalue weighted by Gasteiger charge is 2.37. The number of halogens is 2. The van der Waals surface area contributed by atoms with E-state index in [0.717, 1.165) is 19.5 Å². The summed E-state index contributed by atoms with van der Waals surface area (Å²) in [5.74, 6) is -2.83. The van der Waals surface area contributed by atoms with Gasteiger partial charge in [0.05, 0.1) is 0 Å². The van der Waals surface area contributed by atoms with Gasteiger partial charge in [-0.1, -0.05) is 6.92 Å². The van der Waals surface area contributed by atoms with Crippen LogP contribution >= 0.6 is 0 Å². The van der Waals surface area contributed by atoms with Gasteiger partial charge in [0, 0.05) is 25.3 Å². The van der Waals surface area contributed by atoms with E-state index in [1.165, 1.54) is 0 Å². The van der Waals surface area contributed by atoms with Crippen molar-refractivity contribution in [3.8, 4) is 0 Å². The van der Waals surface area contributed by atoms with Crippen molar-refractivity contribution >= 4 is 5.91 Å². The number of carbonyl (C=O) groups excluding carboxylic acids is 1. The van der Waals surface area contributed by atoms with E-state index >= 15 is 0 Å². The normalized spacial score (nSPS) is 20.2. The molecule has 1 aliphatic rings. The molecule has 1 fully saturated rings. The van der Waals surface area contributed by atoms with Crippen molar-refractivity contribution in [3.63, 3.8) is 0 Å². The van der Waals surface area contributed by atoms with Gasteiger partial charge in [-0.25, -0.2) is 8.78 Å². The Morgan fingerprint density at radius 3 is 2.53 bits per heavy atom. The Balaban J connectivity index is 2.12. The summed E-state index contributed by atoms with van der Waals surface area (Å²) in [6.45, 7) is 4.45. The fourth-order valence-corrected chi connectivity index (χ4v) is 2.05. The monoisotopic (exact) mass is 248 g/mol. The van der Waals surface area contributed by atoms with Crippen molar-refractivity contribution < 1.29 is 13.6 Å². The first-order valence-electron chi connectivity index (χ1n) is 6.41. The minimum Gasteiger partial charge on any atom is -0.356 e. The van der Waals surface area contributed by atoms with Crippen molar-refractivity contribution in [1.82, 2.24) is 10.6 Å². The van der Waals surface area contributed by atoms with Crippen molar-refractivity contribution in [1.29, 1.82) is 0 Å². The predicted molar refractivity (Wildman–Crippen MR) is 63.1 cm³/mol. The molecule has 5 heteroatoms. The smallest absolute Gasteiger partial charge is 0.248 e. The minimum atomic E-state index is -2.55. The van der Waals surface area contributed by atoms with Gasteiger partial charge in [-0.3, -0.25) is 4.79 Å². The van der Waals surface area contributed by atoms with Crippen molar-refractivity contribution in [2.24, 2.45) is 5.92 Å². The Morgan fingerprint density at radius 1 is 1.29 bits per heavy atom. The molecule has 1 amide bonds. The molecule has 0 heterocycles. The molecule has 0 aromatic rings. The number of alkyl halides is 2. The maximum atomic E-state index is 12.9. The highest BCUT2D eigenvalue weighted by molar-refractivity contribution is 5.78. The number of hydrogen-bond acceptors (Lipinski definition) is 2. The van der Waals surface area contributed by atoms with Gasteiger partial charge in [0.2, 0.25) is 11.8 Å². The third kappa shape index (κ3) is 5.44. The van der Waals surface area contributed by atoms with Gasteiger partial charge in [0.15, 0.2) is 0 Å². The average molecular weight is 248 g/mol. The van der Waals surface area contributed by atoms with Crippen LogP contribution in [-0.4, -0.2) is 31.5 Å². The van der Waals surface area contributed by atoms with Crippen LogP contribution in [0.4, 0.5) is 8.78 Å². The lowest BCUT2D eigenvalue weighted by Gasteiger charge is -2.27. The van der Waals surface area contributed by atoms with Crippen LogP contribution in [0, 0.1) is 5.92 Å². The second kappa shape index (κ2) is 6.89. The first-order valence-corrected chi connectivity index (χ1v) is 6.41. The summed E-state index contributed by atoms with van der Waals surface area (Å²) >= 11 is 0. The number of hydrogen-bond donors (Lipinski definition) is 2. The van der Waals surface area contributed by atoms with E-state index in [1.807, 2.05) is 6.92 Å². The molecule has 1 saturated carbocycles. The molecular weight excluding hydrogens is 226 g/mol. The fourth-order valence-electron chi connectivity index (χ4n) is 2.05. The Bertz CT molecular complexity index is 237. The molecule has 1 rings (SSSR count). The maximum absolute atomic E-state index is 12.9. The van der Waals surface area contributed by atoms with Crippen LogP contribution in [0.15, 0.2) is 0 Å². The lowest BCUT2D eigenvalue weighted by Crippen LogP contribution is -2.36. The molecule has 0 aromatic heterocycles. The molecule has 0 unspecified atom stereocenters. The third-order valence-electron chi connectivity index (χ3n) is 3.17. The highest BCUT2D eigenvalue weighted by Crippen LogP contribution is 2.36. The second-order valence-electron chi connectivity index (χ2n) is 4.63. The van der Waals surface area contributed by atoms with Crippen LogP contribution in [0.3, 0.4) is 0 Å². The lowest BCUT2D eigenvalue weighted by molar-refractivity contribution is -0.129.